The van der Waals surface area contributed by atoms with Crippen LogP contribution in [0.3, 0.4) is 0 Å². The van der Waals surface area contributed by atoms with E-state index in [1.165, 1.54) is 23.5 Å². The average Bonchev–Trinajstić information content (AvgIpc) is 2.78. The number of phenols is 1. The van der Waals surface area contributed by atoms with Gasteiger partial charge in [0.1, 0.15) is 11.4 Å². The molecule has 0 aliphatic carbocycles. The number of amides is 1. The van der Waals surface area contributed by atoms with Gasteiger partial charge in [0.15, 0.2) is 0 Å². The first-order valence-corrected chi connectivity index (χ1v) is 6.06. The number of non-ortho nitro benzene ring substituents is 1. The third-order valence-corrected chi connectivity index (χ3v) is 3.07. The summed E-state index contributed by atoms with van der Waals surface area (Å²) in [6.07, 6.45) is 0. The monoisotopic (exact) mass is 279 g/mol. The van der Waals surface area contributed by atoms with Crippen LogP contribution in [-0.4, -0.2) is 20.9 Å². The summed E-state index contributed by atoms with van der Waals surface area (Å²) >= 11 is 1.33. The molecular weight excluding hydrogens is 270 g/mol. The lowest BCUT2D eigenvalue weighted by Crippen LogP contribution is -2.12. The zero-order valence-corrected chi connectivity index (χ0v) is 10.6. The van der Waals surface area contributed by atoms with Crippen LogP contribution in [0.2, 0.25) is 0 Å². The topological polar surface area (TPSA) is 105 Å². The summed E-state index contributed by atoms with van der Waals surface area (Å²) in [5.41, 5.74) is 0.0847. The van der Waals surface area contributed by atoms with E-state index in [2.05, 4.69) is 10.3 Å². The molecule has 19 heavy (non-hydrogen) atoms. The van der Waals surface area contributed by atoms with E-state index in [1.807, 2.05) is 0 Å². The molecule has 1 aromatic heterocycles. The molecule has 0 spiro atoms. The highest BCUT2D eigenvalue weighted by Crippen LogP contribution is 2.28. The number of anilines is 1. The number of nitro benzene ring substituents is 1. The SMILES string of the molecule is Cc1nc(C(=O)Nc2ccc([N+](=O)[O-])cc2O)cs1. The summed E-state index contributed by atoms with van der Waals surface area (Å²) in [6.45, 7) is 1.77. The van der Waals surface area contributed by atoms with Crippen LogP contribution in [-0.2, 0) is 0 Å². The largest absolute Gasteiger partial charge is 0.506 e. The average molecular weight is 279 g/mol. The minimum atomic E-state index is -0.630. The number of hydrogen-bond donors (Lipinski definition) is 2. The first kappa shape index (κ1) is 13.0. The van der Waals surface area contributed by atoms with Gasteiger partial charge in [-0.15, -0.1) is 11.3 Å². The van der Waals surface area contributed by atoms with Crippen molar-refractivity contribution >= 4 is 28.6 Å². The molecule has 98 valence electrons. The number of rotatable bonds is 3. The molecule has 2 N–H and O–H groups in total. The highest BCUT2D eigenvalue weighted by atomic mass is 32.1. The second-order valence-corrected chi connectivity index (χ2v) is 4.73. The molecule has 1 aromatic carbocycles. The molecular formula is C11H9N3O4S. The predicted molar refractivity (Wildman–Crippen MR) is 69.6 cm³/mol. The van der Waals surface area contributed by atoms with Crippen molar-refractivity contribution in [1.82, 2.24) is 4.98 Å². The fourth-order valence-corrected chi connectivity index (χ4v) is 1.99. The van der Waals surface area contributed by atoms with Gasteiger partial charge >= 0.3 is 0 Å². The maximum Gasteiger partial charge on any atom is 0.275 e. The Kier molecular flexibility index (Phi) is 3.43. The van der Waals surface area contributed by atoms with E-state index in [1.54, 1.807) is 12.3 Å². The van der Waals surface area contributed by atoms with Crippen LogP contribution >= 0.6 is 11.3 Å². The van der Waals surface area contributed by atoms with Crippen molar-refractivity contribution in [2.45, 2.75) is 6.92 Å². The number of aryl methyl sites for hydroxylation is 1. The van der Waals surface area contributed by atoms with Crippen LogP contribution in [0.4, 0.5) is 11.4 Å². The van der Waals surface area contributed by atoms with Crippen LogP contribution in [0.5, 0.6) is 5.75 Å². The molecule has 2 aromatic rings. The lowest BCUT2D eigenvalue weighted by molar-refractivity contribution is -0.384. The van der Waals surface area contributed by atoms with Crippen molar-refractivity contribution in [2.75, 3.05) is 5.32 Å². The third kappa shape index (κ3) is 2.86. The molecule has 8 heteroatoms. The van der Waals surface area contributed by atoms with Gasteiger partial charge in [0.05, 0.1) is 21.7 Å². The van der Waals surface area contributed by atoms with Gasteiger partial charge in [-0.05, 0) is 13.0 Å². The van der Waals surface area contributed by atoms with Gasteiger partial charge in [-0.1, -0.05) is 0 Å². The van der Waals surface area contributed by atoms with E-state index < -0.39 is 10.8 Å². The molecule has 1 amide bonds. The Morgan fingerprint density at radius 1 is 1.53 bits per heavy atom. The Morgan fingerprint density at radius 3 is 2.79 bits per heavy atom. The van der Waals surface area contributed by atoms with Crippen LogP contribution < -0.4 is 5.32 Å². The Hall–Kier alpha value is -2.48. The molecule has 0 saturated heterocycles. The van der Waals surface area contributed by atoms with Gasteiger partial charge < -0.3 is 10.4 Å². The minimum Gasteiger partial charge on any atom is -0.506 e. The molecule has 0 saturated carbocycles. The van der Waals surface area contributed by atoms with Gasteiger partial charge in [0.25, 0.3) is 11.6 Å². The molecule has 0 aliphatic heterocycles. The number of carbonyl (C=O) groups excluding carboxylic acids is 1. The van der Waals surface area contributed by atoms with Gasteiger partial charge in [0, 0.05) is 11.4 Å². The van der Waals surface area contributed by atoms with E-state index >= 15 is 0 Å². The van der Waals surface area contributed by atoms with Gasteiger partial charge in [-0.2, -0.15) is 0 Å². The molecule has 0 fully saturated rings. The smallest absolute Gasteiger partial charge is 0.275 e. The molecule has 1 heterocycles. The maximum absolute atomic E-state index is 11.8. The molecule has 0 aliphatic rings. The first-order chi connectivity index (χ1) is 8.97. The summed E-state index contributed by atoms with van der Waals surface area (Å²) < 4.78 is 0. The molecule has 0 bridgehead atoms. The van der Waals surface area contributed by atoms with Gasteiger partial charge in [0.2, 0.25) is 0 Å². The number of benzene rings is 1. The van der Waals surface area contributed by atoms with Crippen molar-refractivity contribution in [3.05, 3.63) is 44.4 Å². The molecule has 0 radical (unpaired) electrons. The Bertz CT molecular complexity index is 653. The number of nitro groups is 1. The van der Waals surface area contributed by atoms with Crippen molar-refractivity contribution < 1.29 is 14.8 Å². The van der Waals surface area contributed by atoms with Crippen LogP contribution in [0.1, 0.15) is 15.5 Å². The number of aromatic nitrogens is 1. The fraction of sp³-hybridized carbons (Fsp3) is 0.0909. The summed E-state index contributed by atoms with van der Waals surface area (Å²) in [6, 6.07) is 3.44. The van der Waals surface area contributed by atoms with Crippen molar-refractivity contribution in [3.63, 3.8) is 0 Å². The van der Waals surface area contributed by atoms with Crippen LogP contribution in [0.25, 0.3) is 0 Å². The highest BCUT2D eigenvalue weighted by molar-refractivity contribution is 7.09. The van der Waals surface area contributed by atoms with Gasteiger partial charge in [-0.3, -0.25) is 14.9 Å². The fourth-order valence-electron chi connectivity index (χ4n) is 1.39. The zero-order chi connectivity index (χ0) is 14.0. The standard InChI is InChI=1S/C11H9N3O4S/c1-6-12-9(5-19-6)11(16)13-8-3-2-7(14(17)18)4-10(8)15/h2-5,15H,1H3,(H,13,16). The number of carbonyl (C=O) groups is 1. The van der Waals surface area contributed by atoms with E-state index in [0.29, 0.717) is 0 Å². The first-order valence-electron chi connectivity index (χ1n) is 5.18. The van der Waals surface area contributed by atoms with E-state index in [4.69, 9.17) is 0 Å². The summed E-state index contributed by atoms with van der Waals surface area (Å²) in [5, 5.41) is 24.9. The van der Waals surface area contributed by atoms with E-state index in [0.717, 1.165) is 11.1 Å². The highest BCUT2D eigenvalue weighted by Gasteiger charge is 2.14. The lowest BCUT2D eigenvalue weighted by Gasteiger charge is -2.05. The summed E-state index contributed by atoms with van der Waals surface area (Å²) in [4.78, 5) is 25.7. The van der Waals surface area contributed by atoms with Gasteiger partial charge in [-0.25, -0.2) is 4.98 Å². The Balaban J connectivity index is 2.20. The number of aromatic hydroxyl groups is 1. The summed E-state index contributed by atoms with van der Waals surface area (Å²) in [5.74, 6) is -0.844. The zero-order valence-electron chi connectivity index (χ0n) is 9.78. The molecule has 0 unspecified atom stereocenters. The predicted octanol–water partition coefficient (Wildman–Crippen LogP) is 2.32. The van der Waals surface area contributed by atoms with Crippen molar-refractivity contribution in [3.8, 4) is 5.75 Å². The number of nitrogens with one attached hydrogen (secondary N) is 1. The number of phenolic OH excluding ortho intramolecular Hbond substituents is 1. The normalized spacial score (nSPS) is 10.2. The van der Waals surface area contributed by atoms with Crippen molar-refractivity contribution in [2.24, 2.45) is 0 Å². The summed E-state index contributed by atoms with van der Waals surface area (Å²) in [7, 11) is 0. The molecule has 7 nitrogen and oxygen atoms in total. The molecule has 2 rings (SSSR count). The molecule has 0 atom stereocenters. The Morgan fingerprint density at radius 2 is 2.26 bits per heavy atom. The lowest BCUT2D eigenvalue weighted by atomic mass is 10.2. The number of hydrogen-bond acceptors (Lipinski definition) is 6. The third-order valence-electron chi connectivity index (χ3n) is 2.29. The second kappa shape index (κ2) is 5.02. The second-order valence-electron chi connectivity index (χ2n) is 3.66. The number of thiazole rings is 1. The maximum atomic E-state index is 11.8. The van der Waals surface area contributed by atoms with E-state index in [9.17, 15) is 20.0 Å². The van der Waals surface area contributed by atoms with E-state index in [-0.39, 0.29) is 22.8 Å². The quantitative estimate of drug-likeness (QED) is 0.509. The Labute approximate surface area is 111 Å². The number of nitrogens with zero attached hydrogens (tertiary/aromatic N) is 2. The van der Waals surface area contributed by atoms with Crippen molar-refractivity contribution in [1.29, 1.82) is 0 Å². The minimum absolute atomic E-state index is 0.0984. The van der Waals surface area contributed by atoms with Crippen LogP contribution in [0.15, 0.2) is 23.6 Å². The van der Waals surface area contributed by atoms with Crippen LogP contribution in [0, 0.1) is 17.0 Å².